The molecule has 3 N–H and O–H groups in total. The van der Waals surface area contributed by atoms with Crippen LogP contribution in [0.15, 0.2) is 24.3 Å². The van der Waals surface area contributed by atoms with Crippen LogP contribution in [0.1, 0.15) is 49.8 Å². The first-order chi connectivity index (χ1) is 9.61. The smallest absolute Gasteiger partial charge is 0.0858 e. The van der Waals surface area contributed by atoms with E-state index in [9.17, 15) is 5.11 Å². The lowest BCUT2D eigenvalue weighted by Crippen LogP contribution is -2.40. The van der Waals surface area contributed by atoms with Gasteiger partial charge in [0.2, 0.25) is 0 Å². The van der Waals surface area contributed by atoms with E-state index in [4.69, 9.17) is 10.5 Å². The third-order valence-corrected chi connectivity index (χ3v) is 4.72. The molecule has 0 aliphatic heterocycles. The zero-order valence-electron chi connectivity index (χ0n) is 12.6. The Morgan fingerprint density at radius 3 is 2.65 bits per heavy atom. The van der Waals surface area contributed by atoms with E-state index in [1.54, 1.807) is 7.11 Å². The number of ether oxygens (including phenoxy) is 1. The number of methoxy groups -OCH3 is 1. The normalized spacial score (nSPS) is 28.3. The first-order valence-electron chi connectivity index (χ1n) is 7.57. The molecule has 3 nitrogen and oxygen atoms in total. The van der Waals surface area contributed by atoms with Crippen LogP contribution in [0.2, 0.25) is 0 Å². The Morgan fingerprint density at radius 2 is 2.10 bits per heavy atom. The van der Waals surface area contributed by atoms with Gasteiger partial charge < -0.3 is 15.6 Å². The highest BCUT2D eigenvalue weighted by Crippen LogP contribution is 2.47. The maximum absolute atomic E-state index is 10.8. The fourth-order valence-electron chi connectivity index (χ4n) is 3.56. The molecule has 0 spiro atoms. The molecule has 1 fully saturated rings. The van der Waals surface area contributed by atoms with E-state index in [0.717, 1.165) is 30.4 Å². The summed E-state index contributed by atoms with van der Waals surface area (Å²) in [4.78, 5) is 0. The second kappa shape index (κ2) is 6.70. The van der Waals surface area contributed by atoms with E-state index >= 15 is 0 Å². The van der Waals surface area contributed by atoms with Gasteiger partial charge in [-0.25, -0.2) is 0 Å². The van der Waals surface area contributed by atoms with Gasteiger partial charge in [0, 0.05) is 19.1 Å². The van der Waals surface area contributed by atoms with Gasteiger partial charge in [-0.1, -0.05) is 44.0 Å². The monoisotopic (exact) mass is 277 g/mol. The van der Waals surface area contributed by atoms with Crippen LogP contribution in [0.3, 0.4) is 0 Å². The molecule has 2 rings (SSSR count). The fraction of sp³-hybridized carbons (Fsp3) is 0.647. The Balaban J connectivity index is 2.17. The Kier molecular flexibility index (Phi) is 5.19. The number of hydrogen-bond acceptors (Lipinski definition) is 3. The van der Waals surface area contributed by atoms with Gasteiger partial charge in [0.25, 0.3) is 0 Å². The Morgan fingerprint density at radius 1 is 1.40 bits per heavy atom. The van der Waals surface area contributed by atoms with Crippen molar-refractivity contribution in [2.24, 2.45) is 17.1 Å². The summed E-state index contributed by atoms with van der Waals surface area (Å²) in [5, 5.41) is 10.8. The maximum atomic E-state index is 10.8. The SMILES string of the molecule is COCc1ccc(C(O)C2(CN)CCCC(C)C2)cc1. The summed E-state index contributed by atoms with van der Waals surface area (Å²) in [5.41, 5.74) is 7.99. The summed E-state index contributed by atoms with van der Waals surface area (Å²) in [6.07, 6.45) is 3.99. The predicted octanol–water partition coefficient (Wildman–Crippen LogP) is 3.02. The van der Waals surface area contributed by atoms with E-state index < -0.39 is 6.10 Å². The van der Waals surface area contributed by atoms with Crippen molar-refractivity contribution < 1.29 is 9.84 Å². The standard InChI is InChI=1S/C17H27NO2/c1-13-4-3-9-17(10-13,12-18)16(19)15-7-5-14(6-8-15)11-20-2/h5-8,13,16,19H,3-4,9-12,18H2,1-2H3. The summed E-state index contributed by atoms with van der Waals surface area (Å²) in [6, 6.07) is 8.07. The van der Waals surface area contributed by atoms with Crippen LogP contribution in [0.5, 0.6) is 0 Å². The molecule has 112 valence electrons. The third kappa shape index (κ3) is 3.22. The zero-order valence-corrected chi connectivity index (χ0v) is 12.6. The van der Waals surface area contributed by atoms with Crippen molar-refractivity contribution in [1.29, 1.82) is 0 Å². The topological polar surface area (TPSA) is 55.5 Å². The van der Waals surface area contributed by atoms with Crippen LogP contribution in [0.25, 0.3) is 0 Å². The summed E-state index contributed by atoms with van der Waals surface area (Å²) < 4.78 is 5.12. The third-order valence-electron chi connectivity index (χ3n) is 4.72. The van der Waals surface area contributed by atoms with Crippen molar-refractivity contribution in [1.82, 2.24) is 0 Å². The average molecular weight is 277 g/mol. The molecule has 0 amide bonds. The van der Waals surface area contributed by atoms with Gasteiger partial charge in [-0.2, -0.15) is 0 Å². The Hall–Kier alpha value is -0.900. The molecule has 1 aliphatic carbocycles. The second-order valence-electron chi connectivity index (χ2n) is 6.35. The minimum Gasteiger partial charge on any atom is -0.388 e. The van der Waals surface area contributed by atoms with Crippen LogP contribution in [-0.4, -0.2) is 18.8 Å². The first kappa shape index (κ1) is 15.5. The molecule has 3 atom stereocenters. The van der Waals surface area contributed by atoms with Gasteiger partial charge >= 0.3 is 0 Å². The van der Waals surface area contributed by atoms with Gasteiger partial charge in [-0.15, -0.1) is 0 Å². The lowest BCUT2D eigenvalue weighted by atomic mass is 9.65. The summed E-state index contributed by atoms with van der Waals surface area (Å²) >= 11 is 0. The van der Waals surface area contributed by atoms with Crippen molar-refractivity contribution in [3.8, 4) is 0 Å². The molecule has 20 heavy (non-hydrogen) atoms. The van der Waals surface area contributed by atoms with E-state index in [-0.39, 0.29) is 5.41 Å². The number of rotatable bonds is 5. The molecule has 1 aromatic rings. The molecule has 0 radical (unpaired) electrons. The first-order valence-corrected chi connectivity index (χ1v) is 7.57. The Bertz CT molecular complexity index is 418. The highest BCUT2D eigenvalue weighted by Gasteiger charge is 2.40. The summed E-state index contributed by atoms with van der Waals surface area (Å²) in [5.74, 6) is 0.648. The zero-order chi connectivity index (χ0) is 14.6. The van der Waals surface area contributed by atoms with Gasteiger partial charge in [-0.3, -0.25) is 0 Å². The predicted molar refractivity (Wildman–Crippen MR) is 81.2 cm³/mol. The van der Waals surface area contributed by atoms with Gasteiger partial charge in [0.05, 0.1) is 12.7 Å². The van der Waals surface area contributed by atoms with Crippen molar-refractivity contribution in [3.05, 3.63) is 35.4 Å². The number of aliphatic hydroxyl groups is 1. The second-order valence-corrected chi connectivity index (χ2v) is 6.35. The van der Waals surface area contributed by atoms with E-state index in [2.05, 4.69) is 6.92 Å². The highest BCUT2D eigenvalue weighted by atomic mass is 16.5. The highest BCUT2D eigenvalue weighted by molar-refractivity contribution is 5.25. The quantitative estimate of drug-likeness (QED) is 0.870. The maximum Gasteiger partial charge on any atom is 0.0858 e. The molecule has 0 aromatic heterocycles. The lowest BCUT2D eigenvalue weighted by molar-refractivity contribution is -0.0130. The summed E-state index contributed by atoms with van der Waals surface area (Å²) in [7, 11) is 1.69. The van der Waals surface area contributed by atoms with Gasteiger partial charge in [-0.05, 0) is 29.9 Å². The van der Waals surface area contributed by atoms with Crippen molar-refractivity contribution in [2.75, 3.05) is 13.7 Å². The van der Waals surface area contributed by atoms with Crippen LogP contribution in [0, 0.1) is 11.3 Å². The van der Waals surface area contributed by atoms with Crippen molar-refractivity contribution in [2.45, 2.75) is 45.3 Å². The van der Waals surface area contributed by atoms with Crippen LogP contribution >= 0.6 is 0 Å². The largest absolute Gasteiger partial charge is 0.388 e. The number of nitrogens with two attached hydrogens (primary N) is 1. The van der Waals surface area contributed by atoms with Crippen LogP contribution < -0.4 is 5.73 Å². The molecule has 1 aromatic carbocycles. The van der Waals surface area contributed by atoms with E-state index in [1.807, 2.05) is 24.3 Å². The summed E-state index contributed by atoms with van der Waals surface area (Å²) in [6.45, 7) is 3.42. The molecule has 0 bridgehead atoms. The molecule has 1 saturated carbocycles. The molecule has 3 unspecified atom stereocenters. The van der Waals surface area contributed by atoms with Crippen LogP contribution in [0.4, 0.5) is 0 Å². The molecule has 0 saturated heterocycles. The van der Waals surface area contributed by atoms with E-state index in [1.165, 1.54) is 6.42 Å². The van der Waals surface area contributed by atoms with Gasteiger partial charge in [0.15, 0.2) is 0 Å². The molecular weight excluding hydrogens is 250 g/mol. The van der Waals surface area contributed by atoms with Crippen LogP contribution in [-0.2, 0) is 11.3 Å². The molecule has 0 heterocycles. The average Bonchev–Trinajstić information content (AvgIpc) is 2.47. The number of aliphatic hydroxyl groups excluding tert-OH is 1. The minimum atomic E-state index is -0.466. The van der Waals surface area contributed by atoms with Gasteiger partial charge in [0.1, 0.15) is 0 Å². The molecule has 1 aliphatic rings. The van der Waals surface area contributed by atoms with Crippen molar-refractivity contribution >= 4 is 0 Å². The minimum absolute atomic E-state index is 0.152. The fourth-order valence-corrected chi connectivity index (χ4v) is 3.56. The number of hydrogen-bond donors (Lipinski definition) is 2. The Labute approximate surface area is 122 Å². The lowest BCUT2D eigenvalue weighted by Gasteiger charge is -2.43. The molecule has 3 heteroatoms. The van der Waals surface area contributed by atoms with Crippen molar-refractivity contribution in [3.63, 3.8) is 0 Å². The van der Waals surface area contributed by atoms with E-state index in [0.29, 0.717) is 19.1 Å². The number of benzene rings is 1. The molecular formula is C17H27NO2.